The summed E-state index contributed by atoms with van der Waals surface area (Å²) in [6.45, 7) is 2.62. The third-order valence-electron chi connectivity index (χ3n) is 2.25. The highest BCUT2D eigenvalue weighted by Gasteiger charge is 2.09. The summed E-state index contributed by atoms with van der Waals surface area (Å²) in [5, 5.41) is 4.48. The Morgan fingerprint density at radius 1 is 1.67 bits per heavy atom. The Hall–Kier alpha value is -1.53. The van der Waals surface area contributed by atoms with E-state index < -0.39 is 0 Å². The van der Waals surface area contributed by atoms with E-state index in [1.54, 1.807) is 23.8 Å². The number of nitrogens with zero attached hydrogens (tertiary/aromatic N) is 2. The second-order valence-electron chi connectivity index (χ2n) is 3.43. The fourth-order valence-electron chi connectivity index (χ4n) is 1.38. The average Bonchev–Trinajstić information content (AvgIpc) is 2.95. The van der Waals surface area contributed by atoms with Gasteiger partial charge in [0.25, 0.3) is 5.91 Å². The first-order chi connectivity index (χ1) is 8.70. The lowest BCUT2D eigenvalue weighted by Gasteiger charge is -2.07. The number of carbonyl (C=O) groups is 1. The highest BCUT2D eigenvalue weighted by molar-refractivity contribution is 7.14. The van der Waals surface area contributed by atoms with Crippen LogP contribution in [0, 0.1) is 0 Å². The fraction of sp³-hybridized carbons (Fsp3) is 0.273. The number of carbonyl (C=O) groups excluding carboxylic acids is 1. The molecule has 2 aromatic heterocycles. The van der Waals surface area contributed by atoms with E-state index in [1.165, 1.54) is 11.3 Å². The van der Waals surface area contributed by atoms with Crippen LogP contribution in [0.5, 0.6) is 5.75 Å². The van der Waals surface area contributed by atoms with Gasteiger partial charge < -0.3 is 9.30 Å². The minimum Gasteiger partial charge on any atom is -0.481 e. The van der Waals surface area contributed by atoms with Crippen LogP contribution in [0.2, 0.25) is 4.34 Å². The molecule has 0 spiro atoms. The van der Waals surface area contributed by atoms with E-state index in [9.17, 15) is 4.79 Å². The number of halogens is 1. The standard InChI is InChI=1S/C11H12ClN3O2S/c1-2-15-5-4-13-11(15)14-9(16)7-17-8-3-6-18-10(8)12/h3-6H,2,7H2,1H3,(H,13,14,16). The Balaban J connectivity index is 1.88. The maximum atomic E-state index is 11.7. The largest absolute Gasteiger partial charge is 0.481 e. The number of ether oxygens (including phenoxy) is 1. The van der Waals surface area contributed by atoms with Gasteiger partial charge in [0.1, 0.15) is 10.1 Å². The van der Waals surface area contributed by atoms with Crippen molar-refractivity contribution >= 4 is 34.8 Å². The van der Waals surface area contributed by atoms with Crippen molar-refractivity contribution in [2.24, 2.45) is 0 Å². The number of imidazole rings is 1. The lowest BCUT2D eigenvalue weighted by Crippen LogP contribution is -2.22. The second kappa shape index (κ2) is 5.88. The lowest BCUT2D eigenvalue weighted by molar-refractivity contribution is -0.118. The molecule has 0 aliphatic heterocycles. The van der Waals surface area contributed by atoms with Gasteiger partial charge in [-0.15, -0.1) is 11.3 Å². The molecule has 0 aromatic carbocycles. The number of hydrogen-bond acceptors (Lipinski definition) is 4. The van der Waals surface area contributed by atoms with Crippen molar-refractivity contribution in [1.82, 2.24) is 9.55 Å². The maximum absolute atomic E-state index is 11.7. The van der Waals surface area contributed by atoms with Gasteiger partial charge in [0.15, 0.2) is 6.61 Å². The molecule has 0 radical (unpaired) electrons. The summed E-state index contributed by atoms with van der Waals surface area (Å²) in [5.74, 6) is 0.774. The number of rotatable bonds is 5. The molecule has 0 atom stereocenters. The summed E-state index contributed by atoms with van der Waals surface area (Å²) < 4.78 is 7.66. The molecule has 0 saturated carbocycles. The van der Waals surface area contributed by atoms with Crippen LogP contribution < -0.4 is 10.1 Å². The summed E-state index contributed by atoms with van der Waals surface area (Å²) in [4.78, 5) is 15.7. The third-order valence-corrected chi connectivity index (χ3v) is 3.38. The quantitative estimate of drug-likeness (QED) is 0.919. The van der Waals surface area contributed by atoms with E-state index in [1.807, 2.05) is 11.5 Å². The van der Waals surface area contributed by atoms with Crippen LogP contribution in [-0.4, -0.2) is 22.1 Å². The van der Waals surface area contributed by atoms with E-state index in [0.29, 0.717) is 16.0 Å². The molecule has 0 fully saturated rings. The number of hydrogen-bond donors (Lipinski definition) is 1. The zero-order valence-corrected chi connectivity index (χ0v) is 11.3. The number of aromatic nitrogens is 2. The summed E-state index contributed by atoms with van der Waals surface area (Å²) >= 11 is 7.22. The third kappa shape index (κ3) is 3.02. The monoisotopic (exact) mass is 285 g/mol. The van der Waals surface area contributed by atoms with Crippen LogP contribution in [0.25, 0.3) is 0 Å². The molecule has 18 heavy (non-hydrogen) atoms. The maximum Gasteiger partial charge on any atom is 0.264 e. The van der Waals surface area contributed by atoms with Gasteiger partial charge >= 0.3 is 0 Å². The van der Waals surface area contributed by atoms with Crippen molar-refractivity contribution < 1.29 is 9.53 Å². The average molecular weight is 286 g/mol. The van der Waals surface area contributed by atoms with Crippen molar-refractivity contribution in [1.29, 1.82) is 0 Å². The molecule has 96 valence electrons. The van der Waals surface area contributed by atoms with E-state index in [2.05, 4.69) is 10.3 Å². The second-order valence-corrected chi connectivity index (χ2v) is 4.95. The fourth-order valence-corrected chi connectivity index (χ4v) is 2.20. The van der Waals surface area contributed by atoms with E-state index in [-0.39, 0.29) is 12.5 Å². The zero-order chi connectivity index (χ0) is 13.0. The van der Waals surface area contributed by atoms with Crippen LogP contribution in [0.15, 0.2) is 23.8 Å². The normalized spacial score (nSPS) is 10.3. The summed E-state index contributed by atoms with van der Waals surface area (Å²) in [6, 6.07) is 1.73. The molecule has 1 amide bonds. The number of nitrogens with one attached hydrogen (secondary N) is 1. The number of aryl methyl sites for hydroxylation is 1. The summed E-state index contributed by atoms with van der Waals surface area (Å²) in [7, 11) is 0. The minimum absolute atomic E-state index is 0.0903. The highest BCUT2D eigenvalue weighted by atomic mass is 35.5. The number of anilines is 1. The van der Waals surface area contributed by atoms with Gasteiger partial charge in [0, 0.05) is 18.9 Å². The Morgan fingerprint density at radius 2 is 2.50 bits per heavy atom. The number of amides is 1. The molecular weight excluding hydrogens is 274 g/mol. The molecule has 5 nitrogen and oxygen atoms in total. The Bertz CT molecular complexity index is 538. The molecule has 7 heteroatoms. The topological polar surface area (TPSA) is 56.2 Å². The molecule has 2 heterocycles. The summed E-state index contributed by atoms with van der Waals surface area (Å²) in [5.41, 5.74) is 0. The molecule has 1 N–H and O–H groups in total. The van der Waals surface area contributed by atoms with Crippen molar-refractivity contribution in [2.75, 3.05) is 11.9 Å². The van der Waals surface area contributed by atoms with Crippen molar-refractivity contribution in [3.63, 3.8) is 0 Å². The smallest absolute Gasteiger partial charge is 0.264 e. The highest BCUT2D eigenvalue weighted by Crippen LogP contribution is 2.29. The Morgan fingerprint density at radius 3 is 3.17 bits per heavy atom. The molecule has 0 aliphatic rings. The van der Waals surface area contributed by atoms with Gasteiger partial charge in [-0.05, 0) is 18.4 Å². The van der Waals surface area contributed by atoms with Crippen LogP contribution in [0.4, 0.5) is 5.95 Å². The van der Waals surface area contributed by atoms with Gasteiger partial charge in [0.05, 0.1) is 0 Å². The van der Waals surface area contributed by atoms with Gasteiger partial charge in [-0.25, -0.2) is 4.98 Å². The van der Waals surface area contributed by atoms with Gasteiger partial charge in [-0.2, -0.15) is 0 Å². The van der Waals surface area contributed by atoms with E-state index in [0.717, 1.165) is 6.54 Å². The first kappa shape index (κ1) is 12.9. The molecular formula is C11H12ClN3O2S. The molecule has 0 saturated heterocycles. The zero-order valence-electron chi connectivity index (χ0n) is 9.72. The van der Waals surface area contributed by atoms with Gasteiger partial charge in [0.2, 0.25) is 5.95 Å². The van der Waals surface area contributed by atoms with Crippen LogP contribution in [-0.2, 0) is 11.3 Å². The van der Waals surface area contributed by atoms with Gasteiger partial charge in [-0.1, -0.05) is 11.6 Å². The van der Waals surface area contributed by atoms with Crippen LogP contribution >= 0.6 is 22.9 Å². The molecule has 2 aromatic rings. The predicted octanol–water partition coefficient (Wildman–Crippen LogP) is 2.64. The molecule has 0 bridgehead atoms. The van der Waals surface area contributed by atoms with E-state index in [4.69, 9.17) is 16.3 Å². The van der Waals surface area contributed by atoms with E-state index >= 15 is 0 Å². The van der Waals surface area contributed by atoms with Crippen molar-refractivity contribution in [3.8, 4) is 5.75 Å². The van der Waals surface area contributed by atoms with Crippen molar-refractivity contribution in [2.45, 2.75) is 13.5 Å². The number of thiophene rings is 1. The predicted molar refractivity (Wildman–Crippen MR) is 71.4 cm³/mol. The lowest BCUT2D eigenvalue weighted by atomic mass is 10.5. The first-order valence-corrected chi connectivity index (χ1v) is 6.63. The first-order valence-electron chi connectivity index (χ1n) is 5.37. The minimum atomic E-state index is -0.266. The molecule has 2 rings (SSSR count). The molecule has 0 aliphatic carbocycles. The Kier molecular flexibility index (Phi) is 4.22. The summed E-state index contributed by atoms with van der Waals surface area (Å²) in [6.07, 6.45) is 3.43. The SMILES string of the molecule is CCn1ccnc1NC(=O)COc1ccsc1Cl. The van der Waals surface area contributed by atoms with Crippen LogP contribution in [0.3, 0.4) is 0 Å². The molecule has 0 unspecified atom stereocenters. The van der Waals surface area contributed by atoms with Gasteiger partial charge in [-0.3, -0.25) is 10.1 Å². The van der Waals surface area contributed by atoms with Crippen LogP contribution in [0.1, 0.15) is 6.92 Å². The van der Waals surface area contributed by atoms with Crippen molar-refractivity contribution in [3.05, 3.63) is 28.2 Å². The Labute approximate surface area is 113 Å².